The molecule has 2 aromatic rings. The number of benzene rings is 2. The van der Waals surface area contributed by atoms with E-state index >= 15 is 0 Å². The molecule has 0 fully saturated rings. The number of nitrogens with zero attached hydrogens (tertiary/aromatic N) is 1. The van der Waals surface area contributed by atoms with Crippen LogP contribution in [-0.4, -0.2) is 12.4 Å². The topological polar surface area (TPSA) is 50.1 Å². The van der Waals surface area contributed by atoms with Gasteiger partial charge in [-0.2, -0.15) is 5.26 Å². The minimum absolute atomic E-state index is 0.155. The van der Waals surface area contributed by atoms with Crippen molar-refractivity contribution in [1.29, 1.82) is 5.26 Å². The van der Waals surface area contributed by atoms with Crippen molar-refractivity contribution in [2.45, 2.75) is 0 Å². The van der Waals surface area contributed by atoms with Crippen molar-refractivity contribution in [2.75, 3.05) is 6.61 Å². The Balaban J connectivity index is 2.14. The number of ether oxygens (including phenoxy) is 1. The molecule has 0 amide bonds. The molecule has 0 saturated heterocycles. The van der Waals surface area contributed by atoms with E-state index in [9.17, 15) is 4.79 Å². The Hall–Kier alpha value is -1.83. The SMILES string of the molecule is N#Cc1c(Cl)cccc1OCC(=O)c1ccccc1Br. The van der Waals surface area contributed by atoms with Crippen molar-refractivity contribution in [2.24, 2.45) is 0 Å². The van der Waals surface area contributed by atoms with Gasteiger partial charge < -0.3 is 4.74 Å². The van der Waals surface area contributed by atoms with Gasteiger partial charge in [0.25, 0.3) is 0 Å². The van der Waals surface area contributed by atoms with Crippen molar-refractivity contribution in [3.63, 3.8) is 0 Å². The van der Waals surface area contributed by atoms with Crippen molar-refractivity contribution in [3.05, 3.63) is 63.1 Å². The van der Waals surface area contributed by atoms with Gasteiger partial charge in [0.05, 0.1) is 5.02 Å². The summed E-state index contributed by atoms with van der Waals surface area (Å²) in [7, 11) is 0. The second-order valence-corrected chi connectivity index (χ2v) is 5.18. The van der Waals surface area contributed by atoms with Gasteiger partial charge in [-0.05, 0) is 18.2 Å². The van der Waals surface area contributed by atoms with Crippen LogP contribution in [0.5, 0.6) is 5.75 Å². The summed E-state index contributed by atoms with van der Waals surface area (Å²) in [6.45, 7) is -0.155. The van der Waals surface area contributed by atoms with Crippen molar-refractivity contribution in [3.8, 4) is 11.8 Å². The maximum atomic E-state index is 12.1. The smallest absolute Gasteiger partial charge is 0.201 e. The van der Waals surface area contributed by atoms with Gasteiger partial charge in [-0.15, -0.1) is 0 Å². The van der Waals surface area contributed by atoms with Gasteiger partial charge in [0.15, 0.2) is 6.61 Å². The lowest BCUT2D eigenvalue weighted by molar-refractivity contribution is 0.0920. The summed E-state index contributed by atoms with van der Waals surface area (Å²) in [5.41, 5.74) is 0.766. The molecule has 0 saturated carbocycles. The van der Waals surface area contributed by atoms with E-state index in [0.717, 1.165) is 0 Å². The lowest BCUT2D eigenvalue weighted by atomic mass is 10.1. The van der Waals surface area contributed by atoms with Crippen LogP contribution in [0.3, 0.4) is 0 Å². The van der Waals surface area contributed by atoms with Gasteiger partial charge in [-0.3, -0.25) is 4.79 Å². The molecular weight excluding hydrogens is 342 g/mol. The van der Waals surface area contributed by atoms with Crippen LogP contribution in [0.1, 0.15) is 15.9 Å². The fraction of sp³-hybridized carbons (Fsp3) is 0.0667. The summed E-state index contributed by atoms with van der Waals surface area (Å²) in [5.74, 6) is 0.127. The molecule has 0 radical (unpaired) electrons. The molecule has 0 unspecified atom stereocenters. The molecule has 5 heteroatoms. The fourth-order valence-corrected chi connectivity index (χ4v) is 2.36. The Morgan fingerprint density at radius 2 is 2.00 bits per heavy atom. The van der Waals surface area contributed by atoms with Crippen molar-refractivity contribution in [1.82, 2.24) is 0 Å². The summed E-state index contributed by atoms with van der Waals surface area (Å²) < 4.78 is 6.11. The van der Waals surface area contributed by atoms with Crippen LogP contribution in [0.2, 0.25) is 5.02 Å². The molecule has 0 heterocycles. The highest BCUT2D eigenvalue weighted by atomic mass is 79.9. The van der Waals surface area contributed by atoms with Gasteiger partial charge in [0.2, 0.25) is 5.78 Å². The second-order valence-electron chi connectivity index (χ2n) is 3.92. The Kier molecular flexibility index (Phi) is 4.78. The average molecular weight is 351 g/mol. The fourth-order valence-electron chi connectivity index (χ4n) is 1.64. The zero-order valence-corrected chi connectivity index (χ0v) is 12.6. The number of nitriles is 1. The van der Waals surface area contributed by atoms with Crippen LogP contribution in [0, 0.1) is 11.3 Å². The lowest BCUT2D eigenvalue weighted by Gasteiger charge is -2.08. The number of rotatable bonds is 4. The minimum Gasteiger partial charge on any atom is -0.484 e. The molecule has 100 valence electrons. The molecule has 0 aliphatic heterocycles. The van der Waals surface area contributed by atoms with Gasteiger partial charge in [-0.1, -0.05) is 51.8 Å². The highest BCUT2D eigenvalue weighted by Crippen LogP contribution is 2.25. The number of carbonyl (C=O) groups excluding carboxylic acids is 1. The summed E-state index contributed by atoms with van der Waals surface area (Å²) in [5, 5.41) is 9.32. The van der Waals surface area contributed by atoms with Crippen LogP contribution >= 0.6 is 27.5 Å². The monoisotopic (exact) mass is 349 g/mol. The molecule has 0 aliphatic rings. The van der Waals surface area contributed by atoms with Gasteiger partial charge >= 0.3 is 0 Å². The zero-order chi connectivity index (χ0) is 14.5. The first-order valence-electron chi connectivity index (χ1n) is 5.72. The Morgan fingerprint density at radius 1 is 1.25 bits per heavy atom. The molecule has 2 aromatic carbocycles. The predicted octanol–water partition coefficient (Wildman–Crippen LogP) is 4.24. The van der Waals surface area contributed by atoms with E-state index in [4.69, 9.17) is 21.6 Å². The zero-order valence-electron chi connectivity index (χ0n) is 10.3. The van der Waals surface area contributed by atoms with Crippen LogP contribution in [-0.2, 0) is 0 Å². The number of Topliss-reactive ketones (excluding diaryl/α,β-unsaturated/α-hetero) is 1. The van der Waals surface area contributed by atoms with Crippen LogP contribution in [0.25, 0.3) is 0 Å². The van der Waals surface area contributed by atoms with E-state index < -0.39 is 0 Å². The summed E-state index contributed by atoms with van der Waals surface area (Å²) in [6, 6.07) is 13.9. The molecule has 20 heavy (non-hydrogen) atoms. The molecule has 2 rings (SSSR count). The molecule has 0 aromatic heterocycles. The Labute approximate surface area is 129 Å². The normalized spacial score (nSPS) is 9.85. The average Bonchev–Trinajstić information content (AvgIpc) is 2.45. The standard InChI is InChI=1S/C15H9BrClNO2/c16-12-5-2-1-4-10(12)14(19)9-20-15-7-3-6-13(17)11(15)8-18/h1-7H,9H2. The third-order valence-electron chi connectivity index (χ3n) is 2.62. The number of hydrogen-bond donors (Lipinski definition) is 0. The Bertz CT molecular complexity index is 695. The highest BCUT2D eigenvalue weighted by molar-refractivity contribution is 9.10. The number of halogens is 2. The highest BCUT2D eigenvalue weighted by Gasteiger charge is 2.13. The number of carbonyl (C=O) groups is 1. The molecular formula is C15H9BrClNO2. The maximum absolute atomic E-state index is 12.1. The quantitative estimate of drug-likeness (QED) is 0.775. The minimum atomic E-state index is -0.179. The maximum Gasteiger partial charge on any atom is 0.201 e. The number of ketones is 1. The first-order chi connectivity index (χ1) is 9.63. The van der Waals surface area contributed by atoms with E-state index in [-0.39, 0.29) is 18.0 Å². The molecule has 0 bridgehead atoms. The van der Waals surface area contributed by atoms with Gasteiger partial charge in [-0.25, -0.2) is 0 Å². The first kappa shape index (κ1) is 14.6. The Morgan fingerprint density at radius 3 is 2.70 bits per heavy atom. The number of hydrogen-bond acceptors (Lipinski definition) is 3. The van der Waals surface area contributed by atoms with E-state index in [1.54, 1.807) is 36.4 Å². The van der Waals surface area contributed by atoms with Crippen molar-refractivity contribution >= 4 is 33.3 Å². The van der Waals surface area contributed by atoms with Crippen LogP contribution in [0.4, 0.5) is 0 Å². The summed E-state index contributed by atoms with van der Waals surface area (Å²) in [6.07, 6.45) is 0. The summed E-state index contributed by atoms with van der Waals surface area (Å²) in [4.78, 5) is 12.1. The van der Waals surface area contributed by atoms with Gasteiger partial charge in [0, 0.05) is 10.0 Å². The second kappa shape index (κ2) is 6.56. The van der Waals surface area contributed by atoms with E-state index in [0.29, 0.717) is 20.8 Å². The molecule has 0 N–H and O–H groups in total. The summed E-state index contributed by atoms with van der Waals surface area (Å²) >= 11 is 9.21. The lowest BCUT2D eigenvalue weighted by Crippen LogP contribution is -2.12. The van der Waals surface area contributed by atoms with Crippen molar-refractivity contribution < 1.29 is 9.53 Å². The van der Waals surface area contributed by atoms with Crippen LogP contribution in [0.15, 0.2) is 46.9 Å². The molecule has 0 spiro atoms. The van der Waals surface area contributed by atoms with E-state index in [1.807, 2.05) is 12.1 Å². The van der Waals surface area contributed by atoms with E-state index in [1.165, 1.54) is 0 Å². The first-order valence-corrected chi connectivity index (χ1v) is 6.89. The third-order valence-corrected chi connectivity index (χ3v) is 3.63. The van der Waals surface area contributed by atoms with Gasteiger partial charge in [0.1, 0.15) is 17.4 Å². The third kappa shape index (κ3) is 3.19. The van der Waals surface area contributed by atoms with Crippen LogP contribution < -0.4 is 4.74 Å². The largest absolute Gasteiger partial charge is 0.484 e. The molecule has 0 aliphatic carbocycles. The van der Waals surface area contributed by atoms with E-state index in [2.05, 4.69) is 15.9 Å². The molecule has 3 nitrogen and oxygen atoms in total. The predicted molar refractivity (Wildman–Crippen MR) is 80.1 cm³/mol. The molecule has 0 atom stereocenters.